The minimum Gasteiger partial charge on any atom is -1.00 e. The summed E-state index contributed by atoms with van der Waals surface area (Å²) in [6.07, 6.45) is 0. The van der Waals surface area contributed by atoms with Gasteiger partial charge in [-0.25, -0.2) is 0 Å². The summed E-state index contributed by atoms with van der Waals surface area (Å²) in [4.78, 5) is 10.8. The van der Waals surface area contributed by atoms with Gasteiger partial charge < -0.3 is 7.59 Å². The van der Waals surface area contributed by atoms with E-state index >= 15 is 0 Å². The third kappa shape index (κ3) is 7.36. The number of hydrogen-bond donors (Lipinski definition) is 0. The molecule has 1 aromatic carbocycles. The molecular formula is C8H9INa2O2. The van der Waals surface area contributed by atoms with Gasteiger partial charge in [0.25, 0.3) is 0 Å². The van der Waals surface area contributed by atoms with Crippen LogP contribution in [0.4, 0.5) is 0 Å². The number of para-hydroxylation sites is 1. The van der Waals surface area contributed by atoms with Crippen LogP contribution >= 0.6 is 22.6 Å². The summed E-state index contributed by atoms with van der Waals surface area (Å²) >= 11 is 1.97. The number of esters is 1. The standard InChI is InChI=1S/C8H7IO2.2Na.2H/c9-6-8(10)11-7-4-2-1-3-5-7;;;;/h1-5H,6H2;;;;/q;2*+1;2*-1. The minimum absolute atomic E-state index is 0. The maximum atomic E-state index is 10.8. The first-order chi connectivity index (χ1) is 5.33. The van der Waals surface area contributed by atoms with Gasteiger partial charge in [-0.1, -0.05) is 40.8 Å². The Balaban J connectivity index is -0.000000151. The van der Waals surface area contributed by atoms with Crippen molar-refractivity contribution in [2.24, 2.45) is 0 Å². The largest absolute Gasteiger partial charge is 1.00 e. The number of halogens is 1. The van der Waals surface area contributed by atoms with Gasteiger partial charge in [0.1, 0.15) is 5.75 Å². The Bertz CT molecular complexity index is 250. The van der Waals surface area contributed by atoms with Gasteiger partial charge in [0.2, 0.25) is 0 Å². The first-order valence-electron chi connectivity index (χ1n) is 3.14. The molecule has 13 heavy (non-hydrogen) atoms. The van der Waals surface area contributed by atoms with Gasteiger partial charge in [0.05, 0.1) is 4.43 Å². The minimum atomic E-state index is -0.211. The molecule has 0 unspecified atom stereocenters. The summed E-state index contributed by atoms with van der Waals surface area (Å²) in [5.41, 5.74) is 0. The van der Waals surface area contributed by atoms with Crippen molar-refractivity contribution in [3.8, 4) is 5.75 Å². The summed E-state index contributed by atoms with van der Waals surface area (Å²) in [6.45, 7) is 0. The Morgan fingerprint density at radius 3 is 2.31 bits per heavy atom. The summed E-state index contributed by atoms with van der Waals surface area (Å²) in [7, 11) is 0. The smallest absolute Gasteiger partial charge is 1.00 e. The summed E-state index contributed by atoms with van der Waals surface area (Å²) in [5.74, 6) is 0.394. The molecule has 0 aliphatic carbocycles. The van der Waals surface area contributed by atoms with Crippen molar-refractivity contribution in [2.75, 3.05) is 4.43 Å². The predicted molar refractivity (Wildman–Crippen MR) is 53.2 cm³/mol. The summed E-state index contributed by atoms with van der Waals surface area (Å²) in [6, 6.07) is 9.04. The van der Waals surface area contributed by atoms with Crippen LogP contribution in [0.3, 0.4) is 0 Å². The average molecular weight is 310 g/mol. The van der Waals surface area contributed by atoms with Crippen LogP contribution in [0.5, 0.6) is 5.75 Å². The van der Waals surface area contributed by atoms with Gasteiger partial charge in [-0.3, -0.25) is 4.79 Å². The molecule has 2 nitrogen and oxygen atoms in total. The molecule has 0 radical (unpaired) electrons. The van der Waals surface area contributed by atoms with E-state index in [0.29, 0.717) is 10.2 Å². The zero-order valence-corrected chi connectivity index (χ0v) is 13.9. The van der Waals surface area contributed by atoms with Crippen molar-refractivity contribution in [3.05, 3.63) is 30.3 Å². The van der Waals surface area contributed by atoms with Crippen LogP contribution in [-0.4, -0.2) is 10.4 Å². The molecule has 1 aromatic rings. The Morgan fingerprint density at radius 2 is 1.85 bits per heavy atom. The number of rotatable bonds is 2. The molecule has 5 heteroatoms. The zero-order valence-electron chi connectivity index (χ0n) is 9.79. The molecule has 0 N–H and O–H groups in total. The second kappa shape index (κ2) is 9.96. The van der Waals surface area contributed by atoms with Crippen molar-refractivity contribution >= 4 is 28.6 Å². The molecule has 0 bridgehead atoms. The van der Waals surface area contributed by atoms with Gasteiger partial charge in [0, 0.05) is 0 Å². The molecule has 0 aliphatic rings. The SMILES string of the molecule is O=C(CI)Oc1ccccc1.[H-].[H-].[Na+].[Na+]. The second-order valence-corrected chi connectivity index (χ2v) is 2.68. The molecule has 0 saturated carbocycles. The predicted octanol–water partition coefficient (Wildman–Crippen LogP) is -3.74. The monoisotopic (exact) mass is 310 g/mol. The number of hydrogen-bond acceptors (Lipinski definition) is 2. The van der Waals surface area contributed by atoms with Crippen molar-refractivity contribution in [1.82, 2.24) is 0 Å². The van der Waals surface area contributed by atoms with Crippen LogP contribution in [0.2, 0.25) is 0 Å². The quantitative estimate of drug-likeness (QED) is 0.185. The Hall–Kier alpha value is 1.42. The average Bonchev–Trinajstić information content (AvgIpc) is 2.06. The molecule has 62 valence electrons. The van der Waals surface area contributed by atoms with Gasteiger partial charge in [-0.15, -0.1) is 0 Å². The molecule has 0 spiro atoms. The Labute approximate surface area is 138 Å². The molecule has 1 rings (SSSR count). The fourth-order valence-electron chi connectivity index (χ4n) is 0.647. The van der Waals surface area contributed by atoms with Crippen molar-refractivity contribution in [1.29, 1.82) is 0 Å². The van der Waals surface area contributed by atoms with Crippen LogP contribution in [-0.2, 0) is 4.79 Å². The summed E-state index contributed by atoms with van der Waals surface area (Å²) < 4.78 is 5.30. The van der Waals surface area contributed by atoms with Gasteiger partial charge in [0.15, 0.2) is 0 Å². The molecule has 0 amide bonds. The van der Waals surface area contributed by atoms with Crippen LogP contribution in [0, 0.1) is 0 Å². The molecule has 0 saturated heterocycles. The summed E-state index contributed by atoms with van der Waals surface area (Å²) in [5, 5.41) is 0. The van der Waals surface area contributed by atoms with E-state index in [9.17, 15) is 4.79 Å². The van der Waals surface area contributed by atoms with Gasteiger partial charge in [-0.05, 0) is 12.1 Å². The van der Waals surface area contributed by atoms with E-state index in [4.69, 9.17) is 4.74 Å². The first-order valence-corrected chi connectivity index (χ1v) is 4.67. The van der Waals surface area contributed by atoms with Crippen LogP contribution < -0.4 is 63.9 Å². The van der Waals surface area contributed by atoms with Crippen LogP contribution in [0.1, 0.15) is 2.85 Å². The molecule has 0 atom stereocenters. The van der Waals surface area contributed by atoms with E-state index in [0.717, 1.165) is 0 Å². The number of carbonyl (C=O) groups excluding carboxylic acids is 1. The number of alkyl halides is 1. The van der Waals surface area contributed by atoms with Crippen LogP contribution in [0.25, 0.3) is 0 Å². The zero-order chi connectivity index (χ0) is 8.10. The fourth-order valence-corrected chi connectivity index (χ4v) is 0.803. The van der Waals surface area contributed by atoms with Crippen molar-refractivity contribution in [2.45, 2.75) is 0 Å². The molecule has 0 aromatic heterocycles. The third-order valence-corrected chi connectivity index (χ3v) is 1.71. The molecular weight excluding hydrogens is 301 g/mol. The number of carbonyl (C=O) groups is 1. The Kier molecular flexibility index (Phi) is 12.9. The van der Waals surface area contributed by atoms with Crippen LogP contribution in [0.15, 0.2) is 30.3 Å². The maximum Gasteiger partial charge on any atom is 1.00 e. The van der Waals surface area contributed by atoms with E-state index < -0.39 is 0 Å². The molecule has 0 fully saturated rings. The molecule has 0 heterocycles. The van der Waals surface area contributed by atoms with Gasteiger partial charge in [-0.2, -0.15) is 0 Å². The molecule has 0 aliphatic heterocycles. The van der Waals surface area contributed by atoms with Crippen molar-refractivity contribution < 1.29 is 71.5 Å². The Morgan fingerprint density at radius 1 is 1.31 bits per heavy atom. The topological polar surface area (TPSA) is 26.3 Å². The van der Waals surface area contributed by atoms with Gasteiger partial charge >= 0.3 is 65.1 Å². The normalized spacial score (nSPS) is 7.77. The van der Waals surface area contributed by atoms with E-state index in [1.807, 2.05) is 40.8 Å². The first kappa shape index (κ1) is 16.8. The third-order valence-electron chi connectivity index (χ3n) is 1.08. The maximum absolute atomic E-state index is 10.8. The van der Waals surface area contributed by atoms with E-state index in [1.54, 1.807) is 12.1 Å². The van der Waals surface area contributed by atoms with Crippen molar-refractivity contribution in [3.63, 3.8) is 0 Å². The van der Waals surface area contributed by atoms with E-state index in [-0.39, 0.29) is 67.9 Å². The van der Waals surface area contributed by atoms with E-state index in [2.05, 4.69) is 0 Å². The number of ether oxygens (including phenoxy) is 1. The van der Waals surface area contributed by atoms with E-state index in [1.165, 1.54) is 0 Å². The number of benzene rings is 1. The second-order valence-electron chi connectivity index (χ2n) is 1.92. The fraction of sp³-hybridized carbons (Fsp3) is 0.125.